The van der Waals surface area contributed by atoms with Crippen molar-refractivity contribution in [2.45, 2.75) is 11.9 Å². The van der Waals surface area contributed by atoms with E-state index in [9.17, 15) is 4.79 Å². The van der Waals surface area contributed by atoms with Crippen LogP contribution in [0, 0.1) is 6.92 Å². The van der Waals surface area contributed by atoms with Crippen LogP contribution in [0.3, 0.4) is 0 Å². The second kappa shape index (κ2) is 8.41. The molecule has 0 saturated heterocycles. The first kappa shape index (κ1) is 19.2. The maximum atomic E-state index is 12.9. The van der Waals surface area contributed by atoms with Gasteiger partial charge in [0.25, 0.3) is 5.91 Å². The van der Waals surface area contributed by atoms with Gasteiger partial charge < -0.3 is 14.8 Å². The number of rotatable bonds is 6. The summed E-state index contributed by atoms with van der Waals surface area (Å²) < 4.78 is 10.5. The molecule has 1 N–H and O–H groups in total. The molecule has 2 heterocycles. The van der Waals surface area contributed by atoms with Crippen molar-refractivity contribution in [1.29, 1.82) is 0 Å². The maximum Gasteiger partial charge on any atom is 0.260 e. The Labute approximate surface area is 166 Å². The zero-order chi connectivity index (χ0) is 19.4. The van der Waals surface area contributed by atoms with Crippen molar-refractivity contribution in [3.8, 4) is 22.2 Å². The van der Waals surface area contributed by atoms with Crippen LogP contribution in [-0.2, 0) is 0 Å². The standard InChI is InChI=1S/C19H19N3O3S2/c1-11-16(19(26-4)22-17(20-11)15-6-5-7-27-15)18(23)21-12-8-13(24-2)10-14(9-12)25-3/h5-10H,1-4H3,(H,21,23). The van der Waals surface area contributed by atoms with Gasteiger partial charge >= 0.3 is 0 Å². The third kappa shape index (κ3) is 4.23. The van der Waals surface area contributed by atoms with Gasteiger partial charge in [-0.05, 0) is 24.6 Å². The van der Waals surface area contributed by atoms with Crippen LogP contribution < -0.4 is 14.8 Å². The fourth-order valence-corrected chi connectivity index (χ4v) is 3.82. The first-order valence-corrected chi connectivity index (χ1v) is 10.2. The normalized spacial score (nSPS) is 10.5. The van der Waals surface area contributed by atoms with Crippen LogP contribution in [0.25, 0.3) is 10.7 Å². The molecule has 0 radical (unpaired) electrons. The summed E-state index contributed by atoms with van der Waals surface area (Å²) in [6.07, 6.45) is 1.89. The molecule has 1 aromatic carbocycles. The highest BCUT2D eigenvalue weighted by Gasteiger charge is 2.20. The Balaban J connectivity index is 1.95. The highest BCUT2D eigenvalue weighted by molar-refractivity contribution is 7.98. The number of nitrogens with one attached hydrogen (secondary N) is 1. The number of ether oxygens (including phenoxy) is 2. The molecule has 0 saturated carbocycles. The second-order valence-corrected chi connectivity index (χ2v) is 7.29. The number of anilines is 1. The molecule has 0 bridgehead atoms. The average Bonchev–Trinajstić information content (AvgIpc) is 3.21. The number of thioether (sulfide) groups is 1. The topological polar surface area (TPSA) is 73.3 Å². The summed E-state index contributed by atoms with van der Waals surface area (Å²) in [7, 11) is 3.13. The molecule has 1 amide bonds. The first-order valence-electron chi connectivity index (χ1n) is 8.06. The first-order chi connectivity index (χ1) is 13.0. The van der Waals surface area contributed by atoms with Gasteiger partial charge in [-0.1, -0.05) is 6.07 Å². The molecular weight excluding hydrogens is 382 g/mol. The van der Waals surface area contributed by atoms with Crippen LogP contribution in [0.15, 0.2) is 40.7 Å². The Morgan fingerprint density at radius 3 is 2.41 bits per heavy atom. The highest BCUT2D eigenvalue weighted by atomic mass is 32.2. The number of thiophene rings is 1. The predicted molar refractivity (Wildman–Crippen MR) is 109 cm³/mol. The van der Waals surface area contributed by atoms with Crippen LogP contribution in [0.2, 0.25) is 0 Å². The van der Waals surface area contributed by atoms with Gasteiger partial charge in [0, 0.05) is 23.9 Å². The summed E-state index contributed by atoms with van der Waals surface area (Å²) in [6, 6.07) is 9.12. The van der Waals surface area contributed by atoms with Crippen LogP contribution in [-0.4, -0.2) is 36.4 Å². The lowest BCUT2D eigenvalue weighted by Crippen LogP contribution is -2.17. The summed E-state index contributed by atoms with van der Waals surface area (Å²) in [5, 5.41) is 5.50. The number of methoxy groups -OCH3 is 2. The Kier molecular flexibility index (Phi) is 5.98. The molecule has 8 heteroatoms. The molecule has 140 valence electrons. The van der Waals surface area contributed by atoms with E-state index >= 15 is 0 Å². The summed E-state index contributed by atoms with van der Waals surface area (Å²) in [6.45, 7) is 1.82. The number of aryl methyl sites for hydroxylation is 1. The number of nitrogens with zero attached hydrogens (tertiary/aromatic N) is 2. The number of benzene rings is 1. The van der Waals surface area contributed by atoms with Crippen LogP contribution >= 0.6 is 23.1 Å². The molecule has 3 aromatic rings. The van der Waals surface area contributed by atoms with Gasteiger partial charge in [-0.25, -0.2) is 9.97 Å². The van der Waals surface area contributed by atoms with Gasteiger partial charge in [0.05, 0.1) is 30.4 Å². The van der Waals surface area contributed by atoms with Crippen molar-refractivity contribution in [2.75, 3.05) is 25.8 Å². The van der Waals surface area contributed by atoms with Crippen molar-refractivity contribution in [2.24, 2.45) is 0 Å². The van der Waals surface area contributed by atoms with E-state index in [1.807, 2.05) is 30.7 Å². The fourth-order valence-electron chi connectivity index (χ4n) is 2.54. The Morgan fingerprint density at radius 2 is 1.85 bits per heavy atom. The summed E-state index contributed by atoms with van der Waals surface area (Å²) in [4.78, 5) is 23.0. The smallest absolute Gasteiger partial charge is 0.260 e. The van der Waals surface area contributed by atoms with Crippen LogP contribution in [0.4, 0.5) is 5.69 Å². The number of aromatic nitrogens is 2. The zero-order valence-corrected chi connectivity index (χ0v) is 17.0. The van der Waals surface area contributed by atoms with Crippen molar-refractivity contribution >= 4 is 34.7 Å². The zero-order valence-electron chi connectivity index (χ0n) is 15.4. The fraction of sp³-hybridized carbons (Fsp3) is 0.211. The van der Waals surface area contributed by atoms with E-state index in [4.69, 9.17) is 9.47 Å². The Hall–Kier alpha value is -2.58. The van der Waals surface area contributed by atoms with E-state index in [1.54, 1.807) is 43.8 Å². The van der Waals surface area contributed by atoms with Gasteiger partial charge in [-0.3, -0.25) is 4.79 Å². The minimum Gasteiger partial charge on any atom is -0.497 e. The number of hydrogen-bond acceptors (Lipinski definition) is 7. The second-order valence-electron chi connectivity index (χ2n) is 5.55. The number of carbonyl (C=O) groups excluding carboxylic acids is 1. The molecule has 0 aliphatic carbocycles. The number of carbonyl (C=O) groups is 1. The van der Waals surface area contributed by atoms with E-state index in [1.165, 1.54) is 11.8 Å². The van der Waals surface area contributed by atoms with E-state index in [-0.39, 0.29) is 5.91 Å². The van der Waals surface area contributed by atoms with Gasteiger partial charge in [0.15, 0.2) is 5.82 Å². The maximum absolute atomic E-state index is 12.9. The van der Waals surface area contributed by atoms with Crippen LogP contribution in [0.5, 0.6) is 11.5 Å². The number of hydrogen-bond donors (Lipinski definition) is 1. The van der Waals surface area contributed by atoms with Gasteiger partial charge in [-0.2, -0.15) is 0 Å². The monoisotopic (exact) mass is 401 g/mol. The lowest BCUT2D eigenvalue weighted by molar-refractivity contribution is 0.102. The molecule has 0 fully saturated rings. The summed E-state index contributed by atoms with van der Waals surface area (Å²) in [5.41, 5.74) is 1.67. The average molecular weight is 402 g/mol. The van der Waals surface area contributed by atoms with E-state index in [0.29, 0.717) is 39.3 Å². The molecule has 0 atom stereocenters. The molecule has 0 unspecified atom stereocenters. The number of amides is 1. The lowest BCUT2D eigenvalue weighted by Gasteiger charge is -2.13. The van der Waals surface area contributed by atoms with Crippen LogP contribution in [0.1, 0.15) is 16.1 Å². The van der Waals surface area contributed by atoms with Gasteiger partial charge in [-0.15, -0.1) is 23.1 Å². The SMILES string of the molecule is COc1cc(NC(=O)c2c(C)nc(-c3cccs3)nc2SC)cc(OC)c1. The van der Waals surface area contributed by atoms with Crippen molar-refractivity contribution in [3.05, 3.63) is 47.0 Å². The van der Waals surface area contributed by atoms with E-state index < -0.39 is 0 Å². The Bertz CT molecular complexity index is 937. The molecule has 27 heavy (non-hydrogen) atoms. The third-order valence-corrected chi connectivity index (χ3v) is 5.38. The van der Waals surface area contributed by atoms with Crippen molar-refractivity contribution in [3.63, 3.8) is 0 Å². The van der Waals surface area contributed by atoms with Crippen molar-refractivity contribution < 1.29 is 14.3 Å². The molecule has 2 aromatic heterocycles. The molecule has 0 spiro atoms. The molecule has 3 rings (SSSR count). The van der Waals surface area contributed by atoms with E-state index in [2.05, 4.69) is 15.3 Å². The minimum absolute atomic E-state index is 0.273. The summed E-state index contributed by atoms with van der Waals surface area (Å²) >= 11 is 2.98. The largest absolute Gasteiger partial charge is 0.497 e. The van der Waals surface area contributed by atoms with Gasteiger partial charge in [0.2, 0.25) is 0 Å². The summed E-state index contributed by atoms with van der Waals surface area (Å²) in [5.74, 6) is 1.54. The van der Waals surface area contributed by atoms with E-state index in [0.717, 1.165) is 4.88 Å². The highest BCUT2D eigenvalue weighted by Crippen LogP contribution is 2.29. The molecule has 0 aliphatic heterocycles. The Morgan fingerprint density at radius 1 is 1.15 bits per heavy atom. The lowest BCUT2D eigenvalue weighted by atomic mass is 10.2. The molecular formula is C19H19N3O3S2. The van der Waals surface area contributed by atoms with Crippen molar-refractivity contribution in [1.82, 2.24) is 9.97 Å². The molecule has 0 aliphatic rings. The third-order valence-electron chi connectivity index (χ3n) is 3.83. The quantitative estimate of drug-likeness (QED) is 0.484. The van der Waals surface area contributed by atoms with Gasteiger partial charge in [0.1, 0.15) is 16.5 Å². The minimum atomic E-state index is -0.273. The predicted octanol–water partition coefficient (Wildman–Crippen LogP) is 4.50. The molecule has 6 nitrogen and oxygen atoms in total.